The minimum atomic E-state index is -0.576. The van der Waals surface area contributed by atoms with Gasteiger partial charge in [0.15, 0.2) is 0 Å². The van der Waals surface area contributed by atoms with Crippen LogP contribution in [0.3, 0.4) is 0 Å². The van der Waals surface area contributed by atoms with Crippen molar-refractivity contribution in [1.29, 1.82) is 0 Å². The van der Waals surface area contributed by atoms with Crippen LogP contribution >= 0.6 is 11.6 Å². The first kappa shape index (κ1) is 10.5. The third-order valence-electron chi connectivity index (χ3n) is 1.56. The standard InChI is InChI=1S/C8H7ClN3O2/c9-5-2-1-3-6(11-4-13)7(5)8(14)12-10/h1-3H,10H2,(H,11,13)(H,12,14). The second kappa shape index (κ2) is 4.59. The van der Waals surface area contributed by atoms with Crippen molar-refractivity contribution in [3.63, 3.8) is 0 Å². The Morgan fingerprint density at radius 2 is 2.21 bits per heavy atom. The Balaban J connectivity index is 3.21. The third-order valence-corrected chi connectivity index (χ3v) is 1.87. The van der Waals surface area contributed by atoms with Crippen molar-refractivity contribution in [2.45, 2.75) is 0 Å². The van der Waals surface area contributed by atoms with Crippen molar-refractivity contribution < 1.29 is 9.59 Å². The Kier molecular flexibility index (Phi) is 3.44. The topological polar surface area (TPSA) is 84.2 Å². The molecular weight excluding hydrogens is 206 g/mol. The third kappa shape index (κ3) is 2.01. The molecule has 1 radical (unpaired) electrons. The number of carbonyl (C=O) groups excluding carboxylic acids is 2. The van der Waals surface area contributed by atoms with E-state index in [2.05, 4.69) is 5.32 Å². The zero-order valence-corrected chi connectivity index (χ0v) is 7.76. The Hall–Kier alpha value is -1.59. The monoisotopic (exact) mass is 212 g/mol. The second-order valence-corrected chi connectivity index (χ2v) is 2.77. The average molecular weight is 213 g/mol. The highest BCUT2D eigenvalue weighted by molar-refractivity contribution is 6.34. The number of rotatable bonds is 3. The fourth-order valence-electron chi connectivity index (χ4n) is 0.986. The molecule has 0 spiro atoms. The highest BCUT2D eigenvalue weighted by Gasteiger charge is 2.13. The lowest BCUT2D eigenvalue weighted by molar-refractivity contribution is 0.0954. The predicted octanol–water partition coefficient (Wildman–Crippen LogP) is 0.423. The van der Waals surface area contributed by atoms with E-state index in [9.17, 15) is 9.59 Å². The van der Waals surface area contributed by atoms with Crippen LogP contribution in [-0.2, 0) is 4.79 Å². The lowest BCUT2D eigenvalue weighted by Crippen LogP contribution is -2.30. The number of benzene rings is 1. The van der Waals surface area contributed by atoms with Crippen LogP contribution in [0.5, 0.6) is 0 Å². The molecular formula is C8H7ClN3O2. The summed E-state index contributed by atoms with van der Waals surface area (Å²) in [5.41, 5.74) is 2.30. The highest BCUT2D eigenvalue weighted by atomic mass is 35.5. The normalized spacial score (nSPS) is 9.29. The van der Waals surface area contributed by atoms with Crippen LogP contribution < -0.4 is 16.6 Å². The average Bonchev–Trinajstić information content (AvgIpc) is 2.18. The van der Waals surface area contributed by atoms with Crippen molar-refractivity contribution in [3.05, 3.63) is 28.8 Å². The molecule has 6 heteroatoms. The molecule has 73 valence electrons. The number of hydrogen-bond donors (Lipinski definition) is 3. The SMILES string of the molecule is NNC(=O)c1c(Cl)cccc1N[C]=O. The van der Waals surface area contributed by atoms with Gasteiger partial charge >= 0.3 is 6.41 Å². The number of nitrogens with two attached hydrogens (primary N) is 1. The first-order valence-corrected chi connectivity index (χ1v) is 4.01. The van der Waals surface area contributed by atoms with Crippen molar-refractivity contribution in [2.75, 3.05) is 5.32 Å². The van der Waals surface area contributed by atoms with Crippen molar-refractivity contribution in [1.82, 2.24) is 5.43 Å². The van der Waals surface area contributed by atoms with Gasteiger partial charge in [0.25, 0.3) is 5.91 Å². The zero-order chi connectivity index (χ0) is 10.6. The smallest absolute Gasteiger partial charge is 0.314 e. The molecule has 0 aliphatic heterocycles. The van der Waals surface area contributed by atoms with Gasteiger partial charge in [0, 0.05) is 0 Å². The molecule has 1 rings (SSSR count). The lowest BCUT2D eigenvalue weighted by atomic mass is 10.1. The summed E-state index contributed by atoms with van der Waals surface area (Å²) in [5, 5.41) is 2.43. The Morgan fingerprint density at radius 1 is 1.50 bits per heavy atom. The molecule has 0 fully saturated rings. The van der Waals surface area contributed by atoms with Crippen LogP contribution in [-0.4, -0.2) is 12.3 Å². The first-order chi connectivity index (χ1) is 6.70. The Bertz CT molecular complexity index is 368. The van der Waals surface area contributed by atoms with E-state index >= 15 is 0 Å². The zero-order valence-electron chi connectivity index (χ0n) is 7.00. The quantitative estimate of drug-likeness (QED) is 0.294. The lowest BCUT2D eigenvalue weighted by Gasteiger charge is -2.07. The van der Waals surface area contributed by atoms with E-state index in [1.807, 2.05) is 5.43 Å². The molecule has 0 aliphatic carbocycles. The summed E-state index contributed by atoms with van der Waals surface area (Å²) < 4.78 is 0. The van der Waals surface area contributed by atoms with E-state index in [0.717, 1.165) is 0 Å². The molecule has 0 aliphatic rings. The molecule has 2 amide bonds. The molecule has 0 bridgehead atoms. The molecule has 0 unspecified atom stereocenters. The summed E-state index contributed by atoms with van der Waals surface area (Å²) >= 11 is 5.75. The molecule has 0 atom stereocenters. The second-order valence-electron chi connectivity index (χ2n) is 2.36. The summed E-state index contributed by atoms with van der Waals surface area (Å²) in [6, 6.07) is 4.62. The maximum atomic E-state index is 11.2. The van der Waals surface area contributed by atoms with Crippen molar-refractivity contribution in [2.24, 2.45) is 5.84 Å². The molecule has 0 saturated heterocycles. The number of nitrogens with one attached hydrogen (secondary N) is 2. The fraction of sp³-hybridized carbons (Fsp3) is 0. The molecule has 1 aromatic rings. The number of hydrazine groups is 1. The largest absolute Gasteiger partial charge is 0.317 e. The molecule has 0 heterocycles. The molecule has 4 N–H and O–H groups in total. The van der Waals surface area contributed by atoms with Crippen LogP contribution in [0.4, 0.5) is 5.69 Å². The number of carbonyl (C=O) groups is 1. The minimum Gasteiger partial charge on any atom is -0.317 e. The summed E-state index contributed by atoms with van der Waals surface area (Å²) in [6.07, 6.45) is 1.45. The van der Waals surface area contributed by atoms with Crippen LogP contribution in [0.15, 0.2) is 18.2 Å². The molecule has 14 heavy (non-hydrogen) atoms. The molecule has 0 aromatic heterocycles. The number of anilines is 1. The summed E-state index contributed by atoms with van der Waals surface area (Å²) in [7, 11) is 0. The Labute approximate surface area is 85.2 Å². The van der Waals surface area contributed by atoms with Crippen LogP contribution in [0.1, 0.15) is 10.4 Å². The van der Waals surface area contributed by atoms with Gasteiger partial charge in [0.1, 0.15) is 0 Å². The number of hydrogen-bond acceptors (Lipinski definition) is 3. The minimum absolute atomic E-state index is 0.111. The van der Waals surface area contributed by atoms with Crippen LogP contribution in [0, 0.1) is 0 Å². The van der Waals surface area contributed by atoms with E-state index in [0.29, 0.717) is 0 Å². The van der Waals surface area contributed by atoms with Crippen LogP contribution in [0.25, 0.3) is 0 Å². The number of halogens is 1. The van der Waals surface area contributed by atoms with Gasteiger partial charge in [-0.25, -0.2) is 5.84 Å². The van der Waals surface area contributed by atoms with E-state index < -0.39 is 5.91 Å². The summed E-state index contributed by atoms with van der Waals surface area (Å²) in [4.78, 5) is 21.3. The van der Waals surface area contributed by atoms with Gasteiger partial charge in [-0.3, -0.25) is 15.0 Å². The maximum absolute atomic E-state index is 11.2. The van der Waals surface area contributed by atoms with Gasteiger partial charge in [-0.15, -0.1) is 0 Å². The van der Waals surface area contributed by atoms with Gasteiger partial charge < -0.3 is 5.32 Å². The fourth-order valence-corrected chi connectivity index (χ4v) is 1.25. The van der Waals surface area contributed by atoms with Crippen molar-refractivity contribution >= 4 is 29.6 Å². The molecule has 5 nitrogen and oxygen atoms in total. The van der Waals surface area contributed by atoms with E-state index in [-0.39, 0.29) is 16.3 Å². The Morgan fingerprint density at radius 3 is 2.79 bits per heavy atom. The van der Waals surface area contributed by atoms with Crippen LogP contribution in [0.2, 0.25) is 5.02 Å². The van der Waals surface area contributed by atoms with Gasteiger partial charge in [-0.2, -0.15) is 0 Å². The van der Waals surface area contributed by atoms with Gasteiger partial charge in [-0.1, -0.05) is 17.7 Å². The van der Waals surface area contributed by atoms with E-state index in [1.165, 1.54) is 18.5 Å². The molecule has 1 aromatic carbocycles. The van der Waals surface area contributed by atoms with Crippen molar-refractivity contribution in [3.8, 4) is 0 Å². The van der Waals surface area contributed by atoms with Gasteiger partial charge in [0.2, 0.25) is 0 Å². The summed E-state index contributed by atoms with van der Waals surface area (Å²) in [6.45, 7) is 0. The molecule has 0 saturated carbocycles. The van der Waals surface area contributed by atoms with Gasteiger partial charge in [0.05, 0.1) is 16.3 Å². The number of nitrogen functional groups attached to an aromatic ring is 1. The first-order valence-electron chi connectivity index (χ1n) is 3.63. The van der Waals surface area contributed by atoms with E-state index in [1.54, 1.807) is 6.07 Å². The predicted molar refractivity (Wildman–Crippen MR) is 52.4 cm³/mol. The van der Waals surface area contributed by atoms with E-state index in [4.69, 9.17) is 17.4 Å². The summed E-state index contributed by atoms with van der Waals surface area (Å²) in [5.74, 6) is 4.38. The van der Waals surface area contributed by atoms with Gasteiger partial charge in [-0.05, 0) is 12.1 Å². The number of amides is 2. The maximum Gasteiger partial charge on any atom is 0.314 e. The highest BCUT2D eigenvalue weighted by Crippen LogP contribution is 2.23.